The normalized spacial score (nSPS) is 13.3. The smallest absolute Gasteiger partial charge is 0.287 e. The third kappa shape index (κ3) is 4.69. The number of para-hydroxylation sites is 1. The summed E-state index contributed by atoms with van der Waals surface area (Å²) in [4.78, 5) is 30.4. The molecule has 2 N–H and O–H groups in total. The van der Waals surface area contributed by atoms with E-state index in [1.165, 1.54) is 0 Å². The minimum Gasteiger partial charge on any atom is -0.349 e. The van der Waals surface area contributed by atoms with E-state index in [-0.39, 0.29) is 11.8 Å². The number of imidazole rings is 1. The topological polar surface area (TPSA) is 76.0 Å². The van der Waals surface area contributed by atoms with Crippen LogP contribution in [0.3, 0.4) is 0 Å². The van der Waals surface area contributed by atoms with Gasteiger partial charge in [0.1, 0.15) is 0 Å². The van der Waals surface area contributed by atoms with Crippen LogP contribution < -0.4 is 10.6 Å². The number of amides is 2. The molecule has 29 heavy (non-hydrogen) atoms. The average molecular weight is 397 g/mol. The molecular weight excluding hydrogens is 364 g/mol. The van der Waals surface area contributed by atoms with Crippen molar-refractivity contribution in [2.75, 3.05) is 11.9 Å². The lowest BCUT2D eigenvalue weighted by Crippen LogP contribution is -2.29. The number of hydrogen-bond donors (Lipinski definition) is 2. The molecule has 0 radical (unpaired) electrons. The molecule has 1 aromatic heterocycles. The van der Waals surface area contributed by atoms with Crippen LogP contribution in [0.2, 0.25) is 0 Å². The summed E-state index contributed by atoms with van der Waals surface area (Å²) in [7, 11) is 0. The molecule has 2 heterocycles. The molecule has 6 heteroatoms. The van der Waals surface area contributed by atoms with Crippen LogP contribution in [0.4, 0.5) is 5.69 Å². The van der Waals surface area contributed by atoms with Crippen LogP contribution in [0.1, 0.15) is 78.0 Å². The van der Waals surface area contributed by atoms with E-state index in [4.69, 9.17) is 0 Å². The van der Waals surface area contributed by atoms with Crippen molar-refractivity contribution in [3.8, 4) is 0 Å². The first-order chi connectivity index (χ1) is 13.9. The minimum absolute atomic E-state index is 0.196. The Balaban J connectivity index is 1.87. The Morgan fingerprint density at radius 2 is 2.00 bits per heavy atom. The fourth-order valence-corrected chi connectivity index (χ4v) is 3.83. The molecule has 1 aliphatic rings. The van der Waals surface area contributed by atoms with Gasteiger partial charge in [-0.15, -0.1) is 0 Å². The standard InChI is InChI=1S/C23H32N4O2/c1-5-17-10-8-9-16(4)19(17)26-22(28)20-18-11-6-7-14-27(18)21(25-20)23(29)24-13-12-15(2)3/h8-10,15H,5-7,11-14H2,1-4H3,(H,24,29)(H,26,28). The van der Waals surface area contributed by atoms with Crippen LogP contribution in [0.25, 0.3) is 0 Å². The third-order valence-corrected chi connectivity index (χ3v) is 5.52. The van der Waals surface area contributed by atoms with Crippen molar-refractivity contribution in [3.63, 3.8) is 0 Å². The third-order valence-electron chi connectivity index (χ3n) is 5.52. The van der Waals surface area contributed by atoms with Crippen LogP contribution in [-0.4, -0.2) is 27.9 Å². The van der Waals surface area contributed by atoms with E-state index in [0.717, 1.165) is 61.2 Å². The molecule has 0 aliphatic carbocycles. The van der Waals surface area contributed by atoms with Gasteiger partial charge in [0.05, 0.1) is 5.69 Å². The fourth-order valence-electron chi connectivity index (χ4n) is 3.83. The summed E-state index contributed by atoms with van der Waals surface area (Å²) >= 11 is 0. The summed E-state index contributed by atoms with van der Waals surface area (Å²) in [6.07, 6.45) is 4.52. The molecule has 0 spiro atoms. The van der Waals surface area contributed by atoms with Gasteiger partial charge in [-0.2, -0.15) is 0 Å². The molecule has 1 aliphatic heterocycles. The van der Waals surface area contributed by atoms with Crippen molar-refractivity contribution in [1.29, 1.82) is 0 Å². The number of aromatic nitrogens is 2. The fraction of sp³-hybridized carbons (Fsp3) is 0.522. The van der Waals surface area contributed by atoms with E-state index < -0.39 is 0 Å². The van der Waals surface area contributed by atoms with Crippen molar-refractivity contribution >= 4 is 17.5 Å². The lowest BCUT2D eigenvalue weighted by atomic mass is 10.0. The number of carbonyl (C=O) groups is 2. The largest absolute Gasteiger partial charge is 0.349 e. The summed E-state index contributed by atoms with van der Waals surface area (Å²) in [5.41, 5.74) is 4.22. The highest BCUT2D eigenvalue weighted by atomic mass is 16.2. The molecule has 2 aromatic rings. The highest BCUT2D eigenvalue weighted by Gasteiger charge is 2.27. The second kappa shape index (κ2) is 9.25. The average Bonchev–Trinajstić information content (AvgIpc) is 3.09. The first-order valence-electron chi connectivity index (χ1n) is 10.7. The Morgan fingerprint density at radius 1 is 1.21 bits per heavy atom. The van der Waals surface area contributed by atoms with Gasteiger partial charge in [-0.25, -0.2) is 4.98 Å². The molecular formula is C23H32N4O2. The Kier molecular flexibility index (Phi) is 6.72. The maximum absolute atomic E-state index is 13.1. The molecule has 0 unspecified atom stereocenters. The zero-order valence-electron chi connectivity index (χ0n) is 18.0. The Morgan fingerprint density at radius 3 is 2.72 bits per heavy atom. The monoisotopic (exact) mass is 396 g/mol. The van der Waals surface area contributed by atoms with E-state index in [9.17, 15) is 9.59 Å². The number of fused-ring (bicyclic) bond motifs is 1. The number of carbonyl (C=O) groups excluding carboxylic acids is 2. The molecule has 0 bridgehead atoms. The van der Waals surface area contributed by atoms with Gasteiger partial charge in [0, 0.05) is 18.8 Å². The maximum atomic E-state index is 13.1. The van der Waals surface area contributed by atoms with E-state index in [0.29, 0.717) is 24.0 Å². The molecule has 0 fully saturated rings. The van der Waals surface area contributed by atoms with Crippen molar-refractivity contribution < 1.29 is 9.59 Å². The van der Waals surface area contributed by atoms with Gasteiger partial charge in [0.15, 0.2) is 11.5 Å². The van der Waals surface area contributed by atoms with Gasteiger partial charge in [0.2, 0.25) is 0 Å². The molecule has 3 rings (SSSR count). The van der Waals surface area contributed by atoms with Crippen LogP contribution in [0.5, 0.6) is 0 Å². The Hall–Kier alpha value is -2.63. The van der Waals surface area contributed by atoms with E-state index in [1.807, 2.05) is 29.7 Å². The highest BCUT2D eigenvalue weighted by Crippen LogP contribution is 2.25. The predicted molar refractivity (Wildman–Crippen MR) is 115 cm³/mol. The van der Waals surface area contributed by atoms with Crippen molar-refractivity contribution in [3.05, 3.63) is 46.5 Å². The predicted octanol–water partition coefficient (Wildman–Crippen LogP) is 4.12. The Labute approximate surface area is 173 Å². The molecule has 0 saturated carbocycles. The number of hydrogen-bond acceptors (Lipinski definition) is 3. The molecule has 6 nitrogen and oxygen atoms in total. The number of benzene rings is 1. The van der Waals surface area contributed by atoms with E-state index in [2.05, 4.69) is 36.4 Å². The first kappa shape index (κ1) is 21.1. The SMILES string of the molecule is CCc1cccc(C)c1NC(=O)c1nc(C(=O)NCCC(C)C)n2c1CCCC2. The van der Waals surface area contributed by atoms with Gasteiger partial charge in [0.25, 0.3) is 11.8 Å². The van der Waals surface area contributed by atoms with Gasteiger partial charge in [-0.3, -0.25) is 9.59 Å². The van der Waals surface area contributed by atoms with Crippen molar-refractivity contribution in [1.82, 2.24) is 14.9 Å². The summed E-state index contributed by atoms with van der Waals surface area (Å²) < 4.78 is 1.93. The van der Waals surface area contributed by atoms with E-state index >= 15 is 0 Å². The quantitative estimate of drug-likeness (QED) is 0.739. The highest BCUT2D eigenvalue weighted by molar-refractivity contribution is 6.05. The summed E-state index contributed by atoms with van der Waals surface area (Å²) in [5, 5.41) is 6.02. The second-order valence-corrected chi connectivity index (χ2v) is 8.19. The Bertz CT molecular complexity index is 899. The summed E-state index contributed by atoms with van der Waals surface area (Å²) in [5.74, 6) is 0.445. The van der Waals surface area contributed by atoms with Crippen LogP contribution in [0.15, 0.2) is 18.2 Å². The molecule has 0 saturated heterocycles. The van der Waals surface area contributed by atoms with Gasteiger partial charge in [-0.05, 0) is 56.1 Å². The number of aryl methyl sites for hydroxylation is 2. The number of rotatable bonds is 7. The number of nitrogens with one attached hydrogen (secondary N) is 2. The maximum Gasteiger partial charge on any atom is 0.287 e. The minimum atomic E-state index is -0.235. The zero-order chi connectivity index (χ0) is 21.0. The summed E-state index contributed by atoms with van der Waals surface area (Å²) in [6.45, 7) is 9.66. The molecule has 0 atom stereocenters. The summed E-state index contributed by atoms with van der Waals surface area (Å²) in [6, 6.07) is 6.02. The van der Waals surface area contributed by atoms with Gasteiger partial charge >= 0.3 is 0 Å². The van der Waals surface area contributed by atoms with Crippen molar-refractivity contribution in [2.45, 2.75) is 66.3 Å². The number of anilines is 1. The van der Waals surface area contributed by atoms with Crippen molar-refractivity contribution in [2.24, 2.45) is 5.92 Å². The molecule has 2 amide bonds. The first-order valence-corrected chi connectivity index (χ1v) is 10.7. The van der Waals surface area contributed by atoms with E-state index in [1.54, 1.807) is 0 Å². The molecule has 1 aromatic carbocycles. The zero-order valence-corrected chi connectivity index (χ0v) is 18.0. The van der Waals surface area contributed by atoms with Gasteiger partial charge < -0.3 is 15.2 Å². The number of nitrogens with zero attached hydrogens (tertiary/aromatic N) is 2. The molecule has 156 valence electrons. The second-order valence-electron chi connectivity index (χ2n) is 8.19. The van der Waals surface area contributed by atoms with Crippen LogP contribution in [-0.2, 0) is 19.4 Å². The van der Waals surface area contributed by atoms with Crippen LogP contribution in [0, 0.1) is 12.8 Å². The van der Waals surface area contributed by atoms with Crippen LogP contribution >= 0.6 is 0 Å². The lowest BCUT2D eigenvalue weighted by Gasteiger charge is -2.17. The van der Waals surface area contributed by atoms with Gasteiger partial charge in [-0.1, -0.05) is 39.0 Å². The lowest BCUT2D eigenvalue weighted by molar-refractivity contribution is 0.0936.